The van der Waals surface area contributed by atoms with Crippen LogP contribution in [0.4, 0.5) is 0 Å². The molecule has 2 aliphatic rings. The lowest BCUT2D eigenvalue weighted by Crippen LogP contribution is -1.99. The Hall–Kier alpha value is -2.06. The minimum Gasteiger partial charge on any atom is -0.299 e. The van der Waals surface area contributed by atoms with Crippen molar-refractivity contribution in [3.63, 3.8) is 0 Å². The lowest BCUT2D eigenvalue weighted by molar-refractivity contribution is -0.119. The van der Waals surface area contributed by atoms with Gasteiger partial charge in [-0.15, -0.1) is 6.42 Å². The lowest BCUT2D eigenvalue weighted by Gasteiger charge is -1.94. The fourth-order valence-corrected chi connectivity index (χ4v) is 2.20. The zero-order valence-corrected chi connectivity index (χ0v) is 10.4. The van der Waals surface area contributed by atoms with Crippen molar-refractivity contribution < 1.29 is 9.59 Å². The van der Waals surface area contributed by atoms with E-state index in [1.807, 2.05) is 13.0 Å². The van der Waals surface area contributed by atoms with Gasteiger partial charge in [0.05, 0.1) is 0 Å². The summed E-state index contributed by atoms with van der Waals surface area (Å²) in [4.78, 5) is 22.6. The Morgan fingerprint density at radius 1 is 1.33 bits per heavy atom. The zero-order valence-electron chi connectivity index (χ0n) is 10.4. The van der Waals surface area contributed by atoms with Crippen molar-refractivity contribution in [1.29, 1.82) is 0 Å². The zero-order chi connectivity index (χ0) is 13.1. The number of terminal acetylenes is 1. The van der Waals surface area contributed by atoms with Gasteiger partial charge in [0.15, 0.2) is 0 Å². The maximum Gasteiger partial charge on any atom is 0.144 e. The van der Waals surface area contributed by atoms with E-state index in [-0.39, 0.29) is 17.5 Å². The average Bonchev–Trinajstić information content (AvgIpc) is 2.83. The van der Waals surface area contributed by atoms with Crippen LogP contribution in [0.3, 0.4) is 0 Å². The Kier molecular flexibility index (Phi) is 3.49. The molecule has 2 heteroatoms. The monoisotopic (exact) mass is 238 g/mol. The Balaban J connectivity index is 2.02. The quantitative estimate of drug-likeness (QED) is 0.656. The van der Waals surface area contributed by atoms with Gasteiger partial charge in [0.2, 0.25) is 0 Å². The molecule has 0 saturated carbocycles. The van der Waals surface area contributed by atoms with Gasteiger partial charge in [-0.25, -0.2) is 0 Å². The first-order valence-electron chi connectivity index (χ1n) is 6.01. The highest BCUT2D eigenvalue weighted by molar-refractivity contribution is 5.89. The van der Waals surface area contributed by atoms with Crippen molar-refractivity contribution in [1.82, 2.24) is 0 Å². The highest BCUT2D eigenvalue weighted by Gasteiger charge is 2.20. The Bertz CT molecular complexity index is 570. The molecule has 0 amide bonds. The third-order valence-corrected chi connectivity index (χ3v) is 3.26. The van der Waals surface area contributed by atoms with E-state index < -0.39 is 0 Å². The summed E-state index contributed by atoms with van der Waals surface area (Å²) in [6.45, 7) is 1.88. The standard InChI is InChI=1S/C16H14O2/c1-3-13-9-15(17)10-14(13)6-4-5-12-7-11(2)16(18)8-12/h1,7,11H,6,8-10H2,2H3. The molecule has 2 nitrogen and oxygen atoms in total. The third kappa shape index (κ3) is 2.60. The van der Waals surface area contributed by atoms with E-state index in [0.29, 0.717) is 25.7 Å². The van der Waals surface area contributed by atoms with Gasteiger partial charge in [0, 0.05) is 42.7 Å². The molecule has 0 aromatic carbocycles. The van der Waals surface area contributed by atoms with Crippen LogP contribution in [0.1, 0.15) is 32.6 Å². The molecular formula is C16H14O2. The Morgan fingerprint density at radius 3 is 2.72 bits per heavy atom. The van der Waals surface area contributed by atoms with Gasteiger partial charge in [-0.3, -0.25) is 9.59 Å². The van der Waals surface area contributed by atoms with E-state index in [0.717, 1.165) is 16.7 Å². The van der Waals surface area contributed by atoms with Crippen molar-refractivity contribution in [2.75, 3.05) is 0 Å². The fraction of sp³-hybridized carbons (Fsp3) is 0.375. The minimum atomic E-state index is -0.0113. The average molecular weight is 238 g/mol. The van der Waals surface area contributed by atoms with E-state index in [9.17, 15) is 9.59 Å². The first-order valence-corrected chi connectivity index (χ1v) is 6.01. The first kappa shape index (κ1) is 12.4. The van der Waals surface area contributed by atoms with Crippen LogP contribution < -0.4 is 0 Å². The van der Waals surface area contributed by atoms with E-state index >= 15 is 0 Å². The molecule has 0 heterocycles. The van der Waals surface area contributed by atoms with Crippen LogP contribution in [-0.2, 0) is 9.59 Å². The summed E-state index contributed by atoms with van der Waals surface area (Å²) in [6, 6.07) is 0. The molecule has 0 saturated heterocycles. The topological polar surface area (TPSA) is 34.1 Å². The second-order valence-corrected chi connectivity index (χ2v) is 4.72. The summed E-state index contributed by atoms with van der Waals surface area (Å²) < 4.78 is 0. The molecule has 90 valence electrons. The van der Waals surface area contributed by atoms with Gasteiger partial charge in [-0.05, 0) is 5.57 Å². The summed E-state index contributed by atoms with van der Waals surface area (Å²) in [5.74, 6) is 8.96. The predicted octanol–water partition coefficient (Wildman–Crippen LogP) is 2.21. The summed E-state index contributed by atoms with van der Waals surface area (Å²) in [6.07, 6.45) is 9.05. The first-order chi connectivity index (χ1) is 8.60. The molecule has 0 N–H and O–H groups in total. The summed E-state index contributed by atoms with van der Waals surface area (Å²) in [5, 5.41) is 0. The molecular weight excluding hydrogens is 224 g/mol. The summed E-state index contributed by atoms with van der Waals surface area (Å²) in [5.41, 5.74) is 2.65. The van der Waals surface area contributed by atoms with E-state index in [2.05, 4.69) is 17.8 Å². The number of allylic oxidation sites excluding steroid dienone is 4. The molecule has 2 rings (SSSR count). The maximum absolute atomic E-state index is 11.3. The number of hydrogen-bond donors (Lipinski definition) is 0. The van der Waals surface area contributed by atoms with Crippen LogP contribution in [0.5, 0.6) is 0 Å². The van der Waals surface area contributed by atoms with Gasteiger partial charge >= 0.3 is 0 Å². The summed E-state index contributed by atoms with van der Waals surface area (Å²) >= 11 is 0. The van der Waals surface area contributed by atoms with Crippen molar-refractivity contribution in [2.24, 2.45) is 5.92 Å². The Labute approximate surface area is 107 Å². The number of carbonyl (C=O) groups is 2. The molecule has 0 spiro atoms. The minimum absolute atomic E-state index is 0.0113. The van der Waals surface area contributed by atoms with E-state index in [1.54, 1.807) is 0 Å². The lowest BCUT2D eigenvalue weighted by atomic mass is 10.1. The second kappa shape index (κ2) is 5.07. The smallest absolute Gasteiger partial charge is 0.144 e. The predicted molar refractivity (Wildman–Crippen MR) is 69.4 cm³/mol. The van der Waals surface area contributed by atoms with E-state index in [4.69, 9.17) is 6.42 Å². The molecule has 1 unspecified atom stereocenters. The molecule has 18 heavy (non-hydrogen) atoms. The van der Waals surface area contributed by atoms with Crippen LogP contribution >= 0.6 is 0 Å². The van der Waals surface area contributed by atoms with Gasteiger partial charge < -0.3 is 0 Å². The van der Waals surface area contributed by atoms with Crippen LogP contribution in [0.25, 0.3) is 0 Å². The molecule has 1 atom stereocenters. The van der Waals surface area contributed by atoms with Crippen molar-refractivity contribution in [3.05, 3.63) is 22.8 Å². The normalized spacial score (nSPS) is 22.7. The fourth-order valence-electron chi connectivity index (χ4n) is 2.20. The van der Waals surface area contributed by atoms with Crippen LogP contribution in [0, 0.1) is 30.1 Å². The van der Waals surface area contributed by atoms with Gasteiger partial charge in [-0.2, -0.15) is 0 Å². The molecule has 0 aromatic rings. The molecule has 0 aromatic heterocycles. The van der Waals surface area contributed by atoms with Gasteiger partial charge in [0.1, 0.15) is 11.6 Å². The van der Waals surface area contributed by atoms with Crippen LogP contribution in [0.15, 0.2) is 22.8 Å². The highest BCUT2D eigenvalue weighted by Crippen LogP contribution is 2.25. The maximum atomic E-state index is 11.3. The van der Waals surface area contributed by atoms with Crippen molar-refractivity contribution in [2.45, 2.75) is 32.6 Å². The van der Waals surface area contributed by atoms with Crippen molar-refractivity contribution >= 4 is 11.6 Å². The number of hydrogen-bond acceptors (Lipinski definition) is 2. The molecule has 0 bridgehead atoms. The Morgan fingerprint density at radius 2 is 2.11 bits per heavy atom. The largest absolute Gasteiger partial charge is 0.299 e. The second-order valence-electron chi connectivity index (χ2n) is 4.72. The number of ketones is 2. The van der Waals surface area contributed by atoms with Crippen LogP contribution in [0.2, 0.25) is 0 Å². The molecule has 0 radical (unpaired) electrons. The number of rotatable bonds is 1. The summed E-state index contributed by atoms with van der Waals surface area (Å²) in [7, 11) is 0. The highest BCUT2D eigenvalue weighted by atomic mass is 16.1. The van der Waals surface area contributed by atoms with Crippen molar-refractivity contribution in [3.8, 4) is 24.2 Å². The van der Waals surface area contributed by atoms with Crippen LogP contribution in [-0.4, -0.2) is 11.6 Å². The molecule has 0 aliphatic heterocycles. The van der Waals surface area contributed by atoms with Gasteiger partial charge in [0.25, 0.3) is 0 Å². The number of Topliss-reactive ketones (excluding diaryl/α,β-unsaturated/α-hetero) is 2. The SMILES string of the molecule is C#CC1=C(CC#CC2=CC(C)C(=O)C2)CC(=O)C1. The molecule has 2 aliphatic carbocycles. The van der Waals surface area contributed by atoms with E-state index in [1.165, 1.54) is 0 Å². The number of carbonyl (C=O) groups excluding carboxylic acids is 2. The van der Waals surface area contributed by atoms with Gasteiger partial charge in [-0.1, -0.05) is 30.8 Å². The molecule has 0 fully saturated rings. The third-order valence-electron chi connectivity index (χ3n) is 3.26.